The number of fused-ring (bicyclic) bond motifs is 2. The first-order chi connectivity index (χ1) is 11.6. The van der Waals surface area contributed by atoms with Crippen molar-refractivity contribution in [3.63, 3.8) is 0 Å². The molecule has 4 rings (SSSR count). The first-order valence-electron chi connectivity index (χ1n) is 7.79. The molecule has 1 aliphatic heterocycles. The minimum atomic E-state index is -0.409. The Morgan fingerprint density at radius 2 is 2.04 bits per heavy atom. The highest BCUT2D eigenvalue weighted by Gasteiger charge is 2.26. The average molecular weight is 321 g/mol. The highest BCUT2D eigenvalue weighted by molar-refractivity contribution is 6.07. The van der Waals surface area contributed by atoms with Crippen molar-refractivity contribution in [3.8, 4) is 0 Å². The van der Waals surface area contributed by atoms with Crippen molar-refractivity contribution in [2.45, 2.75) is 20.0 Å². The molecule has 120 valence electrons. The van der Waals surface area contributed by atoms with Crippen molar-refractivity contribution >= 4 is 11.6 Å². The third kappa shape index (κ3) is 2.38. The number of benzene rings is 1. The van der Waals surface area contributed by atoms with E-state index < -0.39 is 5.82 Å². The molecule has 3 aromatic rings. The molecule has 0 bridgehead atoms. The monoisotopic (exact) mass is 321 g/mol. The fourth-order valence-electron chi connectivity index (χ4n) is 3.10. The molecule has 0 aliphatic carbocycles. The molecule has 0 spiro atoms. The van der Waals surface area contributed by atoms with Crippen LogP contribution in [0.25, 0.3) is 0 Å². The van der Waals surface area contributed by atoms with Crippen molar-refractivity contribution < 1.29 is 9.18 Å². The zero-order valence-electron chi connectivity index (χ0n) is 13.2. The summed E-state index contributed by atoms with van der Waals surface area (Å²) in [6, 6.07) is 12.0. The number of halogens is 1. The van der Waals surface area contributed by atoms with Crippen LogP contribution >= 0.6 is 0 Å². The van der Waals surface area contributed by atoms with Gasteiger partial charge in [0.05, 0.1) is 24.5 Å². The first-order valence-corrected chi connectivity index (χ1v) is 7.79. The van der Waals surface area contributed by atoms with E-state index in [-0.39, 0.29) is 5.91 Å². The Morgan fingerprint density at radius 1 is 1.17 bits per heavy atom. The zero-order valence-corrected chi connectivity index (χ0v) is 13.2. The van der Waals surface area contributed by atoms with Gasteiger partial charge >= 0.3 is 0 Å². The molecule has 1 aromatic carbocycles. The van der Waals surface area contributed by atoms with Crippen LogP contribution in [0.3, 0.4) is 0 Å². The lowest BCUT2D eigenvalue weighted by molar-refractivity contribution is 0.0984. The van der Waals surface area contributed by atoms with E-state index in [1.54, 1.807) is 17.2 Å². The zero-order chi connectivity index (χ0) is 16.7. The quantitative estimate of drug-likeness (QED) is 0.687. The number of pyridine rings is 1. The molecule has 2 aromatic heterocycles. The molecule has 0 N–H and O–H groups in total. The largest absolute Gasteiger partial charge is 0.344 e. The smallest absolute Gasteiger partial charge is 0.259 e. The van der Waals surface area contributed by atoms with Crippen LogP contribution in [0.15, 0.2) is 54.9 Å². The van der Waals surface area contributed by atoms with Crippen LogP contribution in [-0.4, -0.2) is 15.5 Å². The Morgan fingerprint density at radius 3 is 2.92 bits per heavy atom. The molecule has 0 atom stereocenters. The number of nitrogens with zero attached hydrogens (tertiary/aromatic N) is 3. The second kappa shape index (κ2) is 5.60. The van der Waals surface area contributed by atoms with Crippen molar-refractivity contribution in [3.05, 3.63) is 83.2 Å². The Labute approximate surface area is 139 Å². The number of carbonyl (C=O) groups excluding carboxylic acids is 1. The molecule has 0 fully saturated rings. The number of hydrogen-bond acceptors (Lipinski definition) is 2. The molecule has 0 unspecified atom stereocenters. The summed E-state index contributed by atoms with van der Waals surface area (Å²) in [6.45, 7) is 2.86. The number of anilines is 1. The minimum Gasteiger partial charge on any atom is -0.344 e. The SMILES string of the molecule is Cc1ccc(F)cc1C(=O)N1Cc2cccn2Cc2ncccc21. The third-order valence-electron chi connectivity index (χ3n) is 4.40. The maximum absolute atomic E-state index is 13.7. The van der Waals surface area contributed by atoms with Crippen molar-refractivity contribution in [1.29, 1.82) is 0 Å². The van der Waals surface area contributed by atoms with Crippen LogP contribution in [0.5, 0.6) is 0 Å². The van der Waals surface area contributed by atoms with Crippen LogP contribution in [0.2, 0.25) is 0 Å². The van der Waals surface area contributed by atoms with Crippen molar-refractivity contribution in [1.82, 2.24) is 9.55 Å². The van der Waals surface area contributed by atoms with Gasteiger partial charge in [-0.2, -0.15) is 0 Å². The van der Waals surface area contributed by atoms with Gasteiger partial charge in [0.1, 0.15) is 5.82 Å². The topological polar surface area (TPSA) is 38.1 Å². The molecule has 1 amide bonds. The predicted octanol–water partition coefficient (Wildman–Crippen LogP) is 3.54. The first kappa shape index (κ1) is 14.6. The summed E-state index contributed by atoms with van der Waals surface area (Å²) >= 11 is 0. The summed E-state index contributed by atoms with van der Waals surface area (Å²) in [5, 5.41) is 0. The Hall–Kier alpha value is -2.95. The highest BCUT2D eigenvalue weighted by atomic mass is 19.1. The van der Waals surface area contributed by atoms with E-state index >= 15 is 0 Å². The summed E-state index contributed by atoms with van der Waals surface area (Å²) in [6.07, 6.45) is 3.71. The van der Waals surface area contributed by atoms with Gasteiger partial charge in [-0.05, 0) is 48.9 Å². The Bertz CT molecular complexity index is 932. The van der Waals surface area contributed by atoms with Crippen LogP contribution < -0.4 is 4.90 Å². The van der Waals surface area contributed by atoms with Crippen molar-refractivity contribution in [2.75, 3.05) is 4.90 Å². The van der Waals surface area contributed by atoms with Gasteiger partial charge in [-0.3, -0.25) is 9.78 Å². The van der Waals surface area contributed by atoms with Crippen LogP contribution in [0.1, 0.15) is 27.3 Å². The molecular weight excluding hydrogens is 305 g/mol. The minimum absolute atomic E-state index is 0.212. The number of aryl methyl sites for hydroxylation is 1. The Balaban J connectivity index is 1.84. The van der Waals surface area contributed by atoms with Gasteiger partial charge in [-0.15, -0.1) is 0 Å². The van der Waals surface area contributed by atoms with Crippen LogP contribution in [-0.2, 0) is 13.1 Å². The number of hydrogen-bond donors (Lipinski definition) is 0. The highest BCUT2D eigenvalue weighted by Crippen LogP contribution is 2.28. The second-order valence-electron chi connectivity index (χ2n) is 5.95. The lowest BCUT2D eigenvalue weighted by Crippen LogP contribution is -2.31. The number of rotatable bonds is 1. The molecule has 4 nitrogen and oxygen atoms in total. The van der Waals surface area contributed by atoms with Crippen LogP contribution in [0, 0.1) is 12.7 Å². The molecule has 0 saturated heterocycles. The third-order valence-corrected chi connectivity index (χ3v) is 4.40. The van der Waals surface area contributed by atoms with E-state index in [0.29, 0.717) is 18.7 Å². The fraction of sp³-hybridized carbons (Fsp3) is 0.158. The normalized spacial score (nSPS) is 13.2. The van der Waals surface area contributed by atoms with E-state index in [0.717, 1.165) is 22.6 Å². The summed E-state index contributed by atoms with van der Waals surface area (Å²) in [4.78, 5) is 19.3. The van der Waals surface area contributed by atoms with Gasteiger partial charge in [0.15, 0.2) is 0 Å². The van der Waals surface area contributed by atoms with Crippen molar-refractivity contribution in [2.24, 2.45) is 0 Å². The maximum Gasteiger partial charge on any atom is 0.259 e. The molecule has 5 heteroatoms. The lowest BCUT2D eigenvalue weighted by Gasteiger charge is -2.23. The lowest BCUT2D eigenvalue weighted by atomic mass is 10.1. The Kier molecular flexibility index (Phi) is 3.41. The maximum atomic E-state index is 13.7. The number of aromatic nitrogens is 2. The molecular formula is C19H16FN3O. The summed E-state index contributed by atoms with van der Waals surface area (Å²) < 4.78 is 15.7. The number of carbonyl (C=O) groups is 1. The summed E-state index contributed by atoms with van der Waals surface area (Å²) in [7, 11) is 0. The van der Waals surface area contributed by atoms with Gasteiger partial charge in [-0.25, -0.2) is 4.39 Å². The molecule has 3 heterocycles. The van der Waals surface area contributed by atoms with E-state index in [4.69, 9.17) is 0 Å². The summed E-state index contributed by atoms with van der Waals surface area (Å²) in [5.41, 5.74) is 3.76. The fourth-order valence-corrected chi connectivity index (χ4v) is 3.10. The molecule has 1 aliphatic rings. The van der Waals surface area contributed by atoms with E-state index in [2.05, 4.69) is 9.55 Å². The second-order valence-corrected chi connectivity index (χ2v) is 5.95. The van der Waals surface area contributed by atoms with Gasteiger partial charge in [0, 0.05) is 23.7 Å². The molecule has 0 saturated carbocycles. The van der Waals surface area contributed by atoms with Gasteiger partial charge < -0.3 is 9.47 Å². The van der Waals surface area contributed by atoms with Gasteiger partial charge in [0.25, 0.3) is 5.91 Å². The predicted molar refractivity (Wildman–Crippen MR) is 89.4 cm³/mol. The molecule has 24 heavy (non-hydrogen) atoms. The van der Waals surface area contributed by atoms with Gasteiger partial charge in [0.2, 0.25) is 0 Å². The van der Waals surface area contributed by atoms with Gasteiger partial charge in [-0.1, -0.05) is 6.07 Å². The standard InChI is InChI=1S/C19H16FN3O/c1-13-6-7-14(20)10-16(13)19(24)23-11-15-4-3-9-22(15)12-17-18(23)5-2-8-21-17/h2-10H,11-12H2,1H3. The summed E-state index contributed by atoms with van der Waals surface area (Å²) in [5.74, 6) is -0.621. The average Bonchev–Trinajstić information content (AvgIpc) is 2.95. The van der Waals surface area contributed by atoms with E-state index in [9.17, 15) is 9.18 Å². The number of amides is 1. The van der Waals surface area contributed by atoms with Crippen LogP contribution in [0.4, 0.5) is 10.1 Å². The molecule has 0 radical (unpaired) electrons. The van der Waals surface area contributed by atoms with E-state index in [1.807, 2.05) is 37.4 Å². The van der Waals surface area contributed by atoms with E-state index in [1.165, 1.54) is 12.1 Å².